The van der Waals surface area contributed by atoms with Crippen LogP contribution in [0.25, 0.3) is 17.0 Å². The molecule has 0 aliphatic heterocycles. The molecule has 0 atom stereocenters. The van der Waals surface area contributed by atoms with E-state index in [1.165, 1.54) is 25.3 Å². The van der Waals surface area contributed by atoms with Crippen LogP contribution in [-0.4, -0.2) is 57.7 Å². The van der Waals surface area contributed by atoms with Crippen LogP contribution < -0.4 is 0 Å². The van der Waals surface area contributed by atoms with Crippen LogP contribution in [0.1, 0.15) is 63.2 Å². The van der Waals surface area contributed by atoms with Crippen LogP contribution in [0.5, 0.6) is 0 Å². The Balaban J connectivity index is 1.94. The van der Waals surface area contributed by atoms with Gasteiger partial charge in [0.05, 0.1) is 25.4 Å². The average molecular weight is 556 g/mol. The molecule has 0 saturated carbocycles. The van der Waals surface area contributed by atoms with Crippen molar-refractivity contribution in [3.05, 3.63) is 71.4 Å². The number of hydrogen-bond acceptors (Lipinski definition) is 8. The minimum atomic E-state index is -1.08. The zero-order valence-electron chi connectivity index (χ0n) is 23.7. The predicted molar refractivity (Wildman–Crippen MR) is 146 cm³/mol. The minimum absolute atomic E-state index is 0.0580. The molecule has 0 saturated heterocycles. The molecule has 11 heteroatoms. The number of esters is 1. The highest BCUT2D eigenvalue weighted by atomic mass is 19.1. The number of rotatable bonds is 6. The van der Waals surface area contributed by atoms with Crippen molar-refractivity contribution in [2.45, 2.75) is 59.3 Å². The van der Waals surface area contributed by atoms with Crippen LogP contribution in [-0.2, 0) is 25.6 Å². The fraction of sp³-hybridized carbons (Fsp3) is 0.379. The molecule has 0 fully saturated rings. The molecule has 1 amide bonds. The lowest BCUT2D eigenvalue weighted by Gasteiger charge is -2.26. The Labute approximate surface area is 232 Å². The van der Waals surface area contributed by atoms with Crippen molar-refractivity contribution >= 4 is 35.2 Å². The van der Waals surface area contributed by atoms with E-state index >= 15 is 0 Å². The van der Waals surface area contributed by atoms with Crippen LogP contribution in [0.4, 0.5) is 14.0 Å². The molecule has 3 aromatic rings. The van der Waals surface area contributed by atoms with E-state index in [0.717, 1.165) is 10.6 Å². The summed E-state index contributed by atoms with van der Waals surface area (Å²) in [7, 11) is 1.25. The summed E-state index contributed by atoms with van der Waals surface area (Å²) >= 11 is 0. The van der Waals surface area contributed by atoms with Crippen LogP contribution >= 0.6 is 0 Å². The molecule has 0 radical (unpaired) electrons. The van der Waals surface area contributed by atoms with Crippen molar-refractivity contribution in [1.82, 2.24) is 14.6 Å². The van der Waals surface area contributed by atoms with E-state index < -0.39 is 29.4 Å². The first-order valence-electron chi connectivity index (χ1n) is 12.6. The molecule has 2 aromatic heterocycles. The first-order chi connectivity index (χ1) is 18.7. The molecular weight excluding hydrogens is 521 g/mol. The molecule has 40 heavy (non-hydrogen) atoms. The van der Waals surface area contributed by atoms with E-state index in [-0.39, 0.29) is 18.1 Å². The number of ether oxygens (including phenoxy) is 3. The first kappa shape index (κ1) is 30.1. The average Bonchev–Trinajstić information content (AvgIpc) is 3.25. The van der Waals surface area contributed by atoms with Gasteiger partial charge in [-0.3, -0.25) is 4.84 Å². The third kappa shape index (κ3) is 8.29. The van der Waals surface area contributed by atoms with Gasteiger partial charge in [0.25, 0.3) is 0 Å². The fourth-order valence-corrected chi connectivity index (χ4v) is 3.62. The highest BCUT2D eigenvalue weighted by Crippen LogP contribution is 2.25. The number of benzene rings is 1. The lowest BCUT2D eigenvalue weighted by atomic mass is 10.1. The summed E-state index contributed by atoms with van der Waals surface area (Å²) in [6.07, 6.45) is 4.50. The van der Waals surface area contributed by atoms with Crippen molar-refractivity contribution in [3.63, 3.8) is 0 Å². The molecule has 3 rings (SSSR count). The lowest BCUT2D eigenvalue weighted by Crippen LogP contribution is -2.39. The third-order valence-corrected chi connectivity index (χ3v) is 5.24. The number of hydroxylamine groups is 2. The summed E-state index contributed by atoms with van der Waals surface area (Å²) in [5, 5.41) is 1.41. The van der Waals surface area contributed by atoms with Crippen LogP contribution in [0.15, 0.2) is 48.8 Å². The van der Waals surface area contributed by atoms with Gasteiger partial charge >= 0.3 is 18.2 Å². The number of aromatic nitrogens is 2. The number of amides is 1. The Morgan fingerprint density at radius 3 is 2.25 bits per heavy atom. The van der Waals surface area contributed by atoms with Gasteiger partial charge in [-0.05, 0) is 65.3 Å². The number of methoxy groups -OCH3 is 1. The standard InChI is InChI=1S/C29H34FN3O7/c1-28(2,3)38-26(35)33(40-27(36)39-29(4,5)6)15-8-9-22-21-14-16-32(18-19-10-12-20(30)13-11-19)23(21)17-31-24(22)25(34)37-7/h8-14,16-17H,15,18H2,1-7H3. The van der Waals surface area contributed by atoms with Crippen molar-refractivity contribution in [3.8, 4) is 0 Å². The van der Waals surface area contributed by atoms with E-state index in [9.17, 15) is 18.8 Å². The molecule has 0 N–H and O–H groups in total. The number of halogens is 1. The van der Waals surface area contributed by atoms with Crippen LogP contribution in [0.3, 0.4) is 0 Å². The van der Waals surface area contributed by atoms with Gasteiger partial charge in [0.1, 0.15) is 17.0 Å². The molecule has 2 heterocycles. The SMILES string of the molecule is COC(=O)c1ncc2c(ccn2Cc2ccc(F)cc2)c1C=CCN(OC(=O)OC(C)(C)C)C(=O)OC(C)(C)C. The van der Waals surface area contributed by atoms with Gasteiger partial charge in [0.15, 0.2) is 5.69 Å². The van der Waals surface area contributed by atoms with Gasteiger partial charge < -0.3 is 18.8 Å². The van der Waals surface area contributed by atoms with E-state index in [2.05, 4.69) is 4.98 Å². The van der Waals surface area contributed by atoms with E-state index in [4.69, 9.17) is 19.0 Å². The Morgan fingerprint density at radius 2 is 1.65 bits per heavy atom. The topological polar surface area (TPSA) is 109 Å². The summed E-state index contributed by atoms with van der Waals surface area (Å²) in [5.74, 6) is -0.976. The Hall–Kier alpha value is -4.41. The highest BCUT2D eigenvalue weighted by molar-refractivity contribution is 6.00. The van der Waals surface area contributed by atoms with Gasteiger partial charge in [-0.2, -0.15) is 0 Å². The maximum Gasteiger partial charge on any atom is 0.534 e. The van der Waals surface area contributed by atoms with Crippen molar-refractivity contribution in [2.75, 3.05) is 13.7 Å². The largest absolute Gasteiger partial charge is 0.534 e. The zero-order valence-corrected chi connectivity index (χ0v) is 23.7. The summed E-state index contributed by atoms with van der Waals surface area (Å²) in [6.45, 7) is 10.3. The number of fused-ring (bicyclic) bond motifs is 1. The molecule has 0 spiro atoms. The number of nitrogens with zero attached hydrogens (tertiary/aromatic N) is 3. The third-order valence-electron chi connectivity index (χ3n) is 5.24. The maximum atomic E-state index is 13.3. The zero-order chi connectivity index (χ0) is 29.7. The van der Waals surface area contributed by atoms with Gasteiger partial charge in [0.2, 0.25) is 0 Å². The monoisotopic (exact) mass is 555 g/mol. The quantitative estimate of drug-likeness (QED) is 0.203. The van der Waals surface area contributed by atoms with Gasteiger partial charge in [-0.15, -0.1) is 5.06 Å². The fourth-order valence-electron chi connectivity index (χ4n) is 3.62. The van der Waals surface area contributed by atoms with E-state index in [1.807, 2.05) is 16.8 Å². The van der Waals surface area contributed by atoms with Crippen LogP contribution in [0, 0.1) is 5.82 Å². The molecule has 0 aliphatic rings. The Kier molecular flexibility index (Phi) is 9.18. The number of carbonyl (C=O) groups excluding carboxylic acids is 3. The summed E-state index contributed by atoms with van der Waals surface area (Å²) in [4.78, 5) is 47.0. The second kappa shape index (κ2) is 12.2. The normalized spacial score (nSPS) is 11.9. The van der Waals surface area contributed by atoms with Crippen LogP contribution in [0.2, 0.25) is 0 Å². The molecule has 0 aliphatic carbocycles. The minimum Gasteiger partial charge on any atom is -0.464 e. The van der Waals surface area contributed by atoms with E-state index in [0.29, 0.717) is 23.0 Å². The molecule has 0 unspecified atom stereocenters. The molecule has 214 valence electrons. The second-order valence-electron chi connectivity index (χ2n) is 10.9. The number of hydrogen-bond donors (Lipinski definition) is 0. The summed E-state index contributed by atoms with van der Waals surface area (Å²) in [5.41, 5.74) is 0.388. The lowest BCUT2D eigenvalue weighted by molar-refractivity contribution is -0.130. The van der Waals surface area contributed by atoms with Crippen molar-refractivity contribution in [1.29, 1.82) is 0 Å². The molecule has 1 aromatic carbocycles. The first-order valence-corrected chi connectivity index (χ1v) is 12.6. The second-order valence-corrected chi connectivity index (χ2v) is 10.9. The summed E-state index contributed by atoms with van der Waals surface area (Å²) in [6, 6.07) is 7.97. The van der Waals surface area contributed by atoms with Gasteiger partial charge in [0, 0.05) is 23.7 Å². The number of carbonyl (C=O) groups is 3. The van der Waals surface area contributed by atoms with E-state index in [1.54, 1.807) is 65.9 Å². The molecule has 10 nitrogen and oxygen atoms in total. The Bertz CT molecular complexity index is 1400. The van der Waals surface area contributed by atoms with Crippen molar-refractivity contribution in [2.24, 2.45) is 0 Å². The molecule has 0 bridgehead atoms. The Morgan fingerprint density at radius 1 is 1.00 bits per heavy atom. The molecular formula is C29H34FN3O7. The summed E-state index contributed by atoms with van der Waals surface area (Å²) < 4.78 is 30.7. The highest BCUT2D eigenvalue weighted by Gasteiger charge is 2.27. The van der Waals surface area contributed by atoms with Gasteiger partial charge in [-0.25, -0.2) is 23.8 Å². The van der Waals surface area contributed by atoms with Crippen molar-refractivity contribution < 1.29 is 37.8 Å². The number of pyridine rings is 1. The smallest absolute Gasteiger partial charge is 0.464 e. The maximum absolute atomic E-state index is 13.3. The predicted octanol–water partition coefficient (Wildman–Crippen LogP) is 6.13. The van der Waals surface area contributed by atoms with Gasteiger partial charge in [-0.1, -0.05) is 24.3 Å².